The zero-order valence-corrected chi connectivity index (χ0v) is 10.9. The Morgan fingerprint density at radius 3 is 2.55 bits per heavy atom. The molecule has 0 radical (unpaired) electrons. The van der Waals surface area contributed by atoms with Gasteiger partial charge in [0.25, 0.3) is 5.91 Å². The van der Waals surface area contributed by atoms with E-state index in [9.17, 15) is 18.7 Å². The number of alkyl halides is 2. The molecule has 7 heteroatoms. The van der Waals surface area contributed by atoms with Crippen LogP contribution in [0.4, 0.5) is 8.78 Å². The number of carbonyl (C=O) groups is 1. The van der Waals surface area contributed by atoms with E-state index in [1.54, 1.807) is 7.05 Å². The number of nitrogens with zero attached hydrogens (tertiary/aromatic N) is 1. The van der Waals surface area contributed by atoms with Crippen molar-refractivity contribution in [3.8, 4) is 5.75 Å². The fraction of sp³-hybridized carbons (Fsp3) is 0.462. The molecule has 20 heavy (non-hydrogen) atoms. The number of aliphatic hydroxyl groups excluding tert-OH is 1. The van der Waals surface area contributed by atoms with Crippen LogP contribution in [0.2, 0.25) is 0 Å². The molecule has 0 bridgehead atoms. The van der Waals surface area contributed by atoms with E-state index in [0.29, 0.717) is 18.7 Å². The van der Waals surface area contributed by atoms with Crippen LogP contribution in [0.3, 0.4) is 0 Å². The summed E-state index contributed by atoms with van der Waals surface area (Å²) in [5.41, 5.74) is 0.355. The molecule has 1 heterocycles. The molecule has 1 aromatic carbocycles. The largest absolute Gasteiger partial charge is 0.435 e. The van der Waals surface area contributed by atoms with Gasteiger partial charge in [0.15, 0.2) is 0 Å². The number of ether oxygens (including phenoxy) is 1. The number of hydrogen-bond acceptors (Lipinski definition) is 4. The van der Waals surface area contributed by atoms with Crippen molar-refractivity contribution in [3.63, 3.8) is 0 Å². The van der Waals surface area contributed by atoms with E-state index >= 15 is 0 Å². The monoisotopic (exact) mass is 286 g/mol. The molecular formula is C13H16F2N2O3. The van der Waals surface area contributed by atoms with Gasteiger partial charge in [-0.3, -0.25) is 4.79 Å². The lowest BCUT2D eigenvalue weighted by Crippen LogP contribution is -2.44. The molecule has 2 atom stereocenters. The lowest BCUT2D eigenvalue weighted by Gasteiger charge is -2.26. The summed E-state index contributed by atoms with van der Waals surface area (Å²) in [7, 11) is 1.60. The fourth-order valence-corrected chi connectivity index (χ4v) is 2.18. The number of hydrogen-bond donors (Lipinski definition) is 2. The number of aliphatic hydroxyl groups is 1. The normalized spacial score (nSPS) is 22.1. The Hall–Kier alpha value is -1.73. The van der Waals surface area contributed by atoms with Crippen molar-refractivity contribution in [2.75, 3.05) is 20.1 Å². The summed E-state index contributed by atoms with van der Waals surface area (Å²) in [5.74, 6) is -0.275. The molecule has 0 unspecified atom stereocenters. The second-order valence-electron chi connectivity index (χ2n) is 4.61. The maximum atomic E-state index is 12.2. The molecule has 0 saturated carbocycles. The van der Waals surface area contributed by atoms with Gasteiger partial charge in [0.1, 0.15) is 5.75 Å². The predicted molar refractivity (Wildman–Crippen MR) is 67.8 cm³/mol. The molecular weight excluding hydrogens is 270 g/mol. The fourth-order valence-electron chi connectivity index (χ4n) is 2.18. The molecule has 5 nitrogen and oxygen atoms in total. The van der Waals surface area contributed by atoms with Crippen molar-refractivity contribution < 1.29 is 23.4 Å². The lowest BCUT2D eigenvalue weighted by molar-refractivity contribution is -0.0498. The summed E-state index contributed by atoms with van der Waals surface area (Å²) in [4.78, 5) is 13.7. The number of nitrogens with one attached hydrogen (secondary N) is 1. The van der Waals surface area contributed by atoms with Crippen molar-refractivity contribution >= 4 is 5.91 Å². The van der Waals surface area contributed by atoms with Crippen LogP contribution in [0.1, 0.15) is 10.4 Å². The summed E-state index contributed by atoms with van der Waals surface area (Å²) in [5, 5.41) is 12.7. The minimum absolute atomic E-state index is 0.00164. The van der Waals surface area contributed by atoms with Crippen LogP contribution < -0.4 is 10.1 Å². The molecule has 1 aliphatic heterocycles. The number of β-amino-alcohol motifs (C(OH)–C–C–N with tert-alkyl or cyclic N) is 1. The summed E-state index contributed by atoms with van der Waals surface area (Å²) in [6, 6.07) is 5.18. The first-order valence-electron chi connectivity index (χ1n) is 6.20. The van der Waals surface area contributed by atoms with Crippen LogP contribution in [-0.4, -0.2) is 54.8 Å². The van der Waals surface area contributed by atoms with Crippen LogP contribution in [0.5, 0.6) is 5.75 Å². The highest BCUT2D eigenvalue weighted by molar-refractivity contribution is 5.94. The first-order valence-corrected chi connectivity index (χ1v) is 6.20. The van der Waals surface area contributed by atoms with E-state index in [1.165, 1.54) is 29.2 Å². The Balaban J connectivity index is 2.05. The van der Waals surface area contributed by atoms with Gasteiger partial charge in [-0.1, -0.05) is 0 Å². The van der Waals surface area contributed by atoms with E-state index in [-0.39, 0.29) is 17.7 Å². The van der Waals surface area contributed by atoms with Crippen molar-refractivity contribution in [2.45, 2.75) is 18.8 Å². The summed E-state index contributed by atoms with van der Waals surface area (Å²) < 4.78 is 28.3. The molecule has 0 spiro atoms. The van der Waals surface area contributed by atoms with Gasteiger partial charge in [0.05, 0.1) is 12.1 Å². The molecule has 0 aliphatic carbocycles. The number of benzene rings is 1. The van der Waals surface area contributed by atoms with Gasteiger partial charge in [0.2, 0.25) is 0 Å². The summed E-state index contributed by atoms with van der Waals surface area (Å²) in [6.07, 6.45) is -0.606. The average Bonchev–Trinajstić information content (AvgIpc) is 2.83. The van der Waals surface area contributed by atoms with Gasteiger partial charge < -0.3 is 20.1 Å². The molecule has 1 fully saturated rings. The first kappa shape index (κ1) is 14.7. The summed E-state index contributed by atoms with van der Waals surface area (Å²) >= 11 is 0. The van der Waals surface area contributed by atoms with Gasteiger partial charge in [0, 0.05) is 25.7 Å². The Morgan fingerprint density at radius 2 is 2.05 bits per heavy atom. The molecule has 1 amide bonds. The highest BCUT2D eigenvalue weighted by Gasteiger charge is 2.31. The molecule has 1 aliphatic rings. The Morgan fingerprint density at radius 1 is 1.40 bits per heavy atom. The third-order valence-corrected chi connectivity index (χ3v) is 3.30. The first-order chi connectivity index (χ1) is 9.49. The molecule has 2 N–H and O–H groups in total. The zero-order valence-electron chi connectivity index (χ0n) is 10.9. The van der Waals surface area contributed by atoms with Crippen molar-refractivity contribution in [3.05, 3.63) is 29.8 Å². The van der Waals surface area contributed by atoms with Crippen molar-refractivity contribution in [2.24, 2.45) is 0 Å². The Kier molecular flexibility index (Phi) is 4.51. The number of carbonyl (C=O) groups excluding carboxylic acids is 1. The van der Waals surface area contributed by atoms with Crippen LogP contribution in [0.25, 0.3) is 0 Å². The molecule has 1 aromatic rings. The van der Waals surface area contributed by atoms with Crippen LogP contribution in [0, 0.1) is 0 Å². The van der Waals surface area contributed by atoms with Crippen molar-refractivity contribution in [1.29, 1.82) is 0 Å². The average molecular weight is 286 g/mol. The Labute approximate surface area is 115 Å². The van der Waals surface area contributed by atoms with Gasteiger partial charge in [-0.05, 0) is 24.3 Å². The third-order valence-electron chi connectivity index (χ3n) is 3.30. The SMILES string of the molecule is CN(C(=O)c1ccc(OC(F)F)cc1)[C@@H]1CNC[C@H]1O. The molecule has 2 rings (SSSR count). The Bertz CT molecular complexity index is 467. The number of rotatable bonds is 4. The smallest absolute Gasteiger partial charge is 0.387 e. The zero-order chi connectivity index (χ0) is 14.7. The second kappa shape index (κ2) is 6.15. The van der Waals surface area contributed by atoms with Gasteiger partial charge in [-0.2, -0.15) is 8.78 Å². The van der Waals surface area contributed by atoms with E-state index in [2.05, 4.69) is 10.1 Å². The van der Waals surface area contributed by atoms with E-state index in [4.69, 9.17) is 0 Å². The summed E-state index contributed by atoms with van der Waals surface area (Å²) in [6.45, 7) is -1.92. The maximum Gasteiger partial charge on any atom is 0.387 e. The van der Waals surface area contributed by atoms with E-state index in [0.717, 1.165) is 0 Å². The highest BCUT2D eigenvalue weighted by Crippen LogP contribution is 2.17. The quantitative estimate of drug-likeness (QED) is 0.855. The minimum Gasteiger partial charge on any atom is -0.435 e. The molecule has 0 aromatic heterocycles. The van der Waals surface area contributed by atoms with Crippen LogP contribution in [-0.2, 0) is 0 Å². The van der Waals surface area contributed by atoms with Crippen molar-refractivity contribution in [1.82, 2.24) is 10.2 Å². The second-order valence-corrected chi connectivity index (χ2v) is 4.61. The molecule has 110 valence electrons. The van der Waals surface area contributed by atoms with E-state index < -0.39 is 12.7 Å². The minimum atomic E-state index is -2.89. The standard InChI is InChI=1S/C13H16F2N2O3/c1-17(10-6-16-7-11(10)18)12(19)8-2-4-9(5-3-8)20-13(14)15/h2-5,10-11,13,16,18H,6-7H2,1H3/t10-,11-/m1/s1. The molecule has 1 saturated heterocycles. The maximum absolute atomic E-state index is 12.2. The van der Waals surface area contributed by atoms with Crippen LogP contribution in [0.15, 0.2) is 24.3 Å². The van der Waals surface area contributed by atoms with Gasteiger partial charge in [-0.25, -0.2) is 0 Å². The van der Waals surface area contributed by atoms with E-state index in [1.807, 2.05) is 0 Å². The topological polar surface area (TPSA) is 61.8 Å². The highest BCUT2D eigenvalue weighted by atomic mass is 19.3. The number of likely N-dealkylation sites (N-methyl/N-ethyl adjacent to an activating group) is 1. The number of amides is 1. The lowest BCUT2D eigenvalue weighted by atomic mass is 10.1. The van der Waals surface area contributed by atoms with Gasteiger partial charge in [-0.15, -0.1) is 0 Å². The number of halogens is 2. The van der Waals surface area contributed by atoms with Crippen LogP contribution >= 0.6 is 0 Å². The third kappa shape index (κ3) is 3.23. The predicted octanol–water partition coefficient (Wildman–Crippen LogP) is 0.693. The van der Waals surface area contributed by atoms with Gasteiger partial charge >= 0.3 is 6.61 Å².